The minimum atomic E-state index is 0.312. The molecule has 0 saturated carbocycles. The van der Waals surface area contributed by atoms with Crippen LogP contribution in [0, 0.1) is 5.92 Å². The van der Waals surface area contributed by atoms with Gasteiger partial charge in [0.15, 0.2) is 0 Å². The molecule has 1 saturated heterocycles. The fourth-order valence-electron chi connectivity index (χ4n) is 2.10. The highest BCUT2D eigenvalue weighted by atomic mass is 35.5. The van der Waals surface area contributed by atoms with E-state index in [2.05, 4.69) is 11.0 Å². The van der Waals surface area contributed by atoms with E-state index in [1.165, 1.54) is 5.56 Å². The monoisotopic (exact) mass is 225 g/mol. The first kappa shape index (κ1) is 10.9. The van der Waals surface area contributed by atoms with Crippen LogP contribution in [-0.4, -0.2) is 29.7 Å². The molecule has 1 fully saturated rings. The molecule has 15 heavy (non-hydrogen) atoms. The van der Waals surface area contributed by atoms with E-state index in [4.69, 9.17) is 16.7 Å². The maximum absolute atomic E-state index is 9.05. The van der Waals surface area contributed by atoms with Crippen LogP contribution in [-0.2, 0) is 6.54 Å². The van der Waals surface area contributed by atoms with Crippen molar-refractivity contribution in [1.29, 1.82) is 0 Å². The molecule has 1 heterocycles. The number of nitrogens with zero attached hydrogens (tertiary/aromatic N) is 1. The molecule has 2 rings (SSSR count). The maximum atomic E-state index is 9.05. The van der Waals surface area contributed by atoms with Crippen molar-refractivity contribution in [1.82, 2.24) is 4.90 Å². The third kappa shape index (κ3) is 2.94. The third-order valence-electron chi connectivity index (χ3n) is 2.92. The predicted molar refractivity (Wildman–Crippen MR) is 61.9 cm³/mol. The number of benzene rings is 1. The Bertz CT molecular complexity index is 329. The van der Waals surface area contributed by atoms with Crippen LogP contribution in [0.25, 0.3) is 0 Å². The molecule has 1 aromatic carbocycles. The van der Waals surface area contributed by atoms with Crippen LogP contribution in [0.1, 0.15) is 12.0 Å². The summed E-state index contributed by atoms with van der Waals surface area (Å²) >= 11 is 5.93. The third-order valence-corrected chi connectivity index (χ3v) is 3.16. The van der Waals surface area contributed by atoms with Crippen LogP contribution in [0.15, 0.2) is 24.3 Å². The van der Waals surface area contributed by atoms with Crippen LogP contribution in [0.2, 0.25) is 5.02 Å². The Balaban J connectivity index is 1.92. The first-order chi connectivity index (χ1) is 7.28. The summed E-state index contributed by atoms with van der Waals surface area (Å²) in [6.07, 6.45) is 1.11. The molecule has 0 aliphatic carbocycles. The van der Waals surface area contributed by atoms with Gasteiger partial charge < -0.3 is 5.11 Å². The lowest BCUT2D eigenvalue weighted by Gasteiger charge is -2.15. The average Bonchev–Trinajstić information content (AvgIpc) is 2.65. The molecule has 0 radical (unpaired) electrons. The zero-order valence-corrected chi connectivity index (χ0v) is 9.45. The first-order valence-corrected chi connectivity index (χ1v) is 5.73. The number of aliphatic hydroxyl groups is 1. The zero-order chi connectivity index (χ0) is 10.7. The number of rotatable bonds is 3. The smallest absolute Gasteiger partial charge is 0.0471 e. The highest BCUT2D eigenvalue weighted by molar-refractivity contribution is 6.30. The van der Waals surface area contributed by atoms with Crippen molar-refractivity contribution in [2.75, 3.05) is 19.7 Å². The van der Waals surface area contributed by atoms with Crippen molar-refractivity contribution in [3.05, 3.63) is 34.9 Å². The minimum Gasteiger partial charge on any atom is -0.396 e. The van der Waals surface area contributed by atoms with E-state index in [0.29, 0.717) is 12.5 Å². The van der Waals surface area contributed by atoms with Gasteiger partial charge in [-0.3, -0.25) is 4.90 Å². The highest BCUT2D eigenvalue weighted by Crippen LogP contribution is 2.19. The van der Waals surface area contributed by atoms with Crippen molar-refractivity contribution < 1.29 is 5.11 Å². The van der Waals surface area contributed by atoms with Gasteiger partial charge in [-0.15, -0.1) is 0 Å². The molecule has 0 amide bonds. The molecular formula is C12H16ClNO. The molecule has 0 aromatic heterocycles. The lowest BCUT2D eigenvalue weighted by Crippen LogP contribution is -2.20. The number of aliphatic hydroxyl groups excluding tert-OH is 1. The van der Waals surface area contributed by atoms with Gasteiger partial charge in [0.1, 0.15) is 0 Å². The highest BCUT2D eigenvalue weighted by Gasteiger charge is 2.21. The molecule has 0 bridgehead atoms. The van der Waals surface area contributed by atoms with Gasteiger partial charge in [-0.1, -0.05) is 23.7 Å². The molecule has 1 aliphatic rings. The number of hydrogen-bond donors (Lipinski definition) is 1. The second-order valence-corrected chi connectivity index (χ2v) is 4.64. The summed E-state index contributed by atoms with van der Waals surface area (Å²) in [5.74, 6) is 0.462. The molecule has 1 unspecified atom stereocenters. The van der Waals surface area contributed by atoms with Crippen molar-refractivity contribution in [2.45, 2.75) is 13.0 Å². The van der Waals surface area contributed by atoms with Crippen molar-refractivity contribution >= 4 is 11.6 Å². The minimum absolute atomic E-state index is 0.312. The van der Waals surface area contributed by atoms with Crippen molar-refractivity contribution in [3.8, 4) is 0 Å². The molecule has 2 nitrogen and oxygen atoms in total. The van der Waals surface area contributed by atoms with E-state index in [9.17, 15) is 0 Å². The Morgan fingerprint density at radius 3 is 3.00 bits per heavy atom. The summed E-state index contributed by atoms with van der Waals surface area (Å²) in [5.41, 5.74) is 1.25. The summed E-state index contributed by atoms with van der Waals surface area (Å²) in [7, 11) is 0. The number of likely N-dealkylation sites (tertiary alicyclic amines) is 1. The topological polar surface area (TPSA) is 23.5 Å². The SMILES string of the molecule is OCC1CCN(Cc2cccc(Cl)c2)C1. The van der Waals surface area contributed by atoms with Crippen LogP contribution >= 0.6 is 11.6 Å². The molecule has 0 spiro atoms. The molecule has 1 aliphatic heterocycles. The molecule has 82 valence electrons. The van der Waals surface area contributed by atoms with Gasteiger partial charge in [-0.25, -0.2) is 0 Å². The second kappa shape index (κ2) is 4.97. The fourth-order valence-corrected chi connectivity index (χ4v) is 2.31. The van der Waals surface area contributed by atoms with Crippen LogP contribution in [0.4, 0.5) is 0 Å². The molecular weight excluding hydrogens is 210 g/mol. The Morgan fingerprint density at radius 1 is 1.47 bits per heavy atom. The second-order valence-electron chi connectivity index (χ2n) is 4.20. The lowest BCUT2D eigenvalue weighted by molar-refractivity contribution is 0.220. The fraction of sp³-hybridized carbons (Fsp3) is 0.500. The van der Waals surface area contributed by atoms with Gasteiger partial charge in [0, 0.05) is 24.7 Å². The van der Waals surface area contributed by atoms with Gasteiger partial charge in [0.25, 0.3) is 0 Å². The van der Waals surface area contributed by atoms with Crippen LogP contribution in [0.3, 0.4) is 0 Å². The van der Waals surface area contributed by atoms with Crippen molar-refractivity contribution in [2.24, 2.45) is 5.92 Å². The summed E-state index contributed by atoms with van der Waals surface area (Å²) < 4.78 is 0. The van der Waals surface area contributed by atoms with Gasteiger partial charge >= 0.3 is 0 Å². The summed E-state index contributed by atoms with van der Waals surface area (Å²) in [6.45, 7) is 3.34. The Hall–Kier alpha value is -0.570. The lowest BCUT2D eigenvalue weighted by atomic mass is 10.1. The van der Waals surface area contributed by atoms with Crippen molar-refractivity contribution in [3.63, 3.8) is 0 Å². The summed E-state index contributed by atoms with van der Waals surface area (Å²) in [6, 6.07) is 7.98. The summed E-state index contributed by atoms with van der Waals surface area (Å²) in [5, 5.41) is 9.84. The normalized spacial score (nSPS) is 22.1. The van der Waals surface area contributed by atoms with E-state index in [0.717, 1.165) is 31.1 Å². The predicted octanol–water partition coefficient (Wildman–Crippen LogP) is 2.15. The van der Waals surface area contributed by atoms with Gasteiger partial charge in [-0.2, -0.15) is 0 Å². The van der Waals surface area contributed by atoms with Crippen LogP contribution in [0.5, 0.6) is 0 Å². The van der Waals surface area contributed by atoms with E-state index in [1.54, 1.807) is 0 Å². The number of halogens is 1. The zero-order valence-electron chi connectivity index (χ0n) is 8.69. The van der Waals surface area contributed by atoms with E-state index < -0.39 is 0 Å². The molecule has 1 atom stereocenters. The summed E-state index contributed by atoms with van der Waals surface area (Å²) in [4.78, 5) is 2.37. The van der Waals surface area contributed by atoms with Gasteiger partial charge in [0.2, 0.25) is 0 Å². The van der Waals surface area contributed by atoms with E-state index in [1.807, 2.05) is 18.2 Å². The van der Waals surface area contributed by atoms with Crippen LogP contribution < -0.4 is 0 Å². The average molecular weight is 226 g/mol. The Kier molecular flexibility index (Phi) is 3.62. The van der Waals surface area contributed by atoms with E-state index in [-0.39, 0.29) is 0 Å². The molecule has 1 aromatic rings. The quantitative estimate of drug-likeness (QED) is 0.852. The largest absolute Gasteiger partial charge is 0.396 e. The molecule has 3 heteroatoms. The number of hydrogen-bond acceptors (Lipinski definition) is 2. The Labute approximate surface area is 95.5 Å². The first-order valence-electron chi connectivity index (χ1n) is 5.35. The standard InChI is InChI=1S/C12H16ClNO/c13-12-3-1-2-10(6-12)7-14-5-4-11(8-14)9-15/h1-3,6,11,15H,4-5,7-9H2. The van der Waals surface area contributed by atoms with E-state index >= 15 is 0 Å². The maximum Gasteiger partial charge on any atom is 0.0471 e. The van der Waals surface area contributed by atoms with Gasteiger partial charge in [0.05, 0.1) is 0 Å². The Morgan fingerprint density at radius 2 is 2.33 bits per heavy atom. The molecule has 1 N–H and O–H groups in total. The van der Waals surface area contributed by atoms with Gasteiger partial charge in [-0.05, 0) is 36.6 Å².